The fourth-order valence-electron chi connectivity index (χ4n) is 4.31. The van der Waals surface area contributed by atoms with Gasteiger partial charge >= 0.3 is 5.97 Å². The average molecular weight is 536 g/mol. The number of aliphatic hydroxyl groups is 1. The minimum Gasteiger partial charge on any atom is -0.506 e. The lowest BCUT2D eigenvalue weighted by Gasteiger charge is -2.05. The van der Waals surface area contributed by atoms with Gasteiger partial charge in [0.1, 0.15) is 22.1 Å². The van der Waals surface area contributed by atoms with Gasteiger partial charge < -0.3 is 19.1 Å². The van der Waals surface area contributed by atoms with E-state index < -0.39 is 5.97 Å². The molecule has 39 heavy (non-hydrogen) atoms. The zero-order chi connectivity index (χ0) is 27.4. The number of nitriles is 1. The topological polar surface area (TPSA) is 96.8 Å². The van der Waals surface area contributed by atoms with Gasteiger partial charge in [-0.15, -0.1) is 0 Å². The van der Waals surface area contributed by atoms with Gasteiger partial charge in [-0.3, -0.25) is 0 Å². The molecule has 0 aliphatic carbocycles. The number of thioether (sulfide) groups is 1. The Labute approximate surface area is 230 Å². The lowest BCUT2D eigenvalue weighted by molar-refractivity contribution is -0.138. The number of benzene rings is 3. The third-order valence-corrected chi connectivity index (χ3v) is 7.24. The van der Waals surface area contributed by atoms with Crippen molar-refractivity contribution in [2.75, 3.05) is 13.7 Å². The summed E-state index contributed by atoms with van der Waals surface area (Å²) >= 11 is 1.22. The van der Waals surface area contributed by atoms with Gasteiger partial charge in [-0.05, 0) is 61.0 Å². The second-order valence-electron chi connectivity index (χ2n) is 8.71. The van der Waals surface area contributed by atoms with Crippen LogP contribution in [0.4, 0.5) is 5.69 Å². The van der Waals surface area contributed by atoms with Crippen LogP contribution in [-0.2, 0) is 16.1 Å². The maximum Gasteiger partial charge on any atom is 0.344 e. The number of rotatable bonds is 7. The van der Waals surface area contributed by atoms with Crippen molar-refractivity contribution in [3.8, 4) is 11.8 Å². The van der Waals surface area contributed by atoms with E-state index >= 15 is 0 Å². The highest BCUT2D eigenvalue weighted by atomic mass is 32.2. The van der Waals surface area contributed by atoms with Crippen LogP contribution in [0, 0.1) is 11.3 Å². The van der Waals surface area contributed by atoms with Gasteiger partial charge in [0.05, 0.1) is 35.9 Å². The van der Waals surface area contributed by atoms with Crippen molar-refractivity contribution >= 4 is 45.4 Å². The summed E-state index contributed by atoms with van der Waals surface area (Å²) in [6, 6.07) is 24.8. The van der Waals surface area contributed by atoms with Crippen LogP contribution in [0.1, 0.15) is 23.6 Å². The van der Waals surface area contributed by atoms with Crippen molar-refractivity contribution in [3.63, 3.8) is 0 Å². The van der Waals surface area contributed by atoms with Crippen LogP contribution in [0.2, 0.25) is 0 Å². The van der Waals surface area contributed by atoms with Crippen molar-refractivity contribution < 1.29 is 19.4 Å². The molecular formula is C31H25N3O4S. The molecule has 0 fully saturated rings. The van der Waals surface area contributed by atoms with Crippen molar-refractivity contribution in [1.29, 1.82) is 5.26 Å². The second-order valence-corrected chi connectivity index (χ2v) is 9.74. The van der Waals surface area contributed by atoms with E-state index in [1.54, 1.807) is 38.3 Å². The second kappa shape index (κ2) is 11.3. The van der Waals surface area contributed by atoms with E-state index in [0.29, 0.717) is 33.5 Å². The number of aliphatic hydroxyl groups excluding tert-OH is 1. The standard InChI is InChI=1S/C31H25N3O4S/c1-3-38-31(36)28-29(35)27(39-30(28)33-23-12-14-24(37-2)15-13-23)16-22-19-34(26-7-5-4-6-25(22)26)18-21-10-8-20(17-32)9-11-21/h4-16,19,35H,3,18H2,1-2H3/b27-16-,33-30?. The quantitative estimate of drug-likeness (QED) is 0.263. The maximum absolute atomic E-state index is 12.8. The molecule has 5 rings (SSSR count). The molecule has 2 heterocycles. The molecule has 0 saturated carbocycles. The molecule has 8 heteroatoms. The van der Waals surface area contributed by atoms with Crippen LogP contribution in [-0.4, -0.2) is 34.4 Å². The summed E-state index contributed by atoms with van der Waals surface area (Å²) in [4.78, 5) is 18.0. The SMILES string of the molecule is CCOC(=O)C1=C(O)/C(=C/c2cn(Cc3ccc(C#N)cc3)c3ccccc23)SC1=Nc1ccc(OC)cc1. The minimum absolute atomic E-state index is 0.0465. The predicted molar refractivity (Wildman–Crippen MR) is 154 cm³/mol. The van der Waals surface area contributed by atoms with E-state index in [9.17, 15) is 9.90 Å². The third kappa shape index (κ3) is 5.44. The zero-order valence-electron chi connectivity index (χ0n) is 21.4. The van der Waals surface area contributed by atoms with Gasteiger partial charge in [0.2, 0.25) is 0 Å². The Hall–Kier alpha value is -4.74. The molecule has 1 aromatic heterocycles. The molecule has 0 radical (unpaired) electrons. The number of nitrogens with zero attached hydrogens (tertiary/aromatic N) is 3. The number of para-hydroxylation sites is 1. The Bertz CT molecular complexity index is 1670. The first kappa shape index (κ1) is 25.9. The number of carbonyl (C=O) groups is 1. The van der Waals surface area contributed by atoms with E-state index in [4.69, 9.17) is 14.7 Å². The van der Waals surface area contributed by atoms with Crippen LogP contribution < -0.4 is 4.74 Å². The Morgan fingerprint density at radius 2 is 1.85 bits per heavy atom. The Morgan fingerprint density at radius 1 is 1.10 bits per heavy atom. The molecule has 0 amide bonds. The third-order valence-electron chi connectivity index (χ3n) is 6.22. The van der Waals surface area contributed by atoms with Crippen LogP contribution in [0.5, 0.6) is 5.75 Å². The molecule has 1 aliphatic rings. The van der Waals surface area contributed by atoms with E-state index in [0.717, 1.165) is 22.0 Å². The molecule has 1 N–H and O–H groups in total. The monoisotopic (exact) mass is 535 g/mol. The number of fused-ring (bicyclic) bond motifs is 1. The molecule has 0 unspecified atom stereocenters. The van der Waals surface area contributed by atoms with Crippen LogP contribution in [0.3, 0.4) is 0 Å². The van der Waals surface area contributed by atoms with Crippen LogP contribution >= 0.6 is 11.8 Å². The summed E-state index contributed by atoms with van der Waals surface area (Å²) in [5.41, 5.74) is 4.26. The first-order valence-corrected chi connectivity index (χ1v) is 13.1. The summed E-state index contributed by atoms with van der Waals surface area (Å²) in [6.45, 7) is 2.51. The molecule has 0 spiro atoms. The molecule has 0 atom stereocenters. The summed E-state index contributed by atoms with van der Waals surface area (Å²) in [7, 11) is 1.59. The smallest absolute Gasteiger partial charge is 0.344 e. The van der Waals surface area contributed by atoms with Crippen molar-refractivity contribution in [2.45, 2.75) is 13.5 Å². The highest BCUT2D eigenvalue weighted by molar-refractivity contribution is 8.18. The molecule has 0 bridgehead atoms. The van der Waals surface area contributed by atoms with Crippen molar-refractivity contribution in [3.05, 3.63) is 112 Å². The average Bonchev–Trinajstić information content (AvgIpc) is 3.46. The minimum atomic E-state index is -0.624. The number of aliphatic imine (C=N–C) groups is 1. The predicted octanol–water partition coefficient (Wildman–Crippen LogP) is 6.76. The summed E-state index contributed by atoms with van der Waals surface area (Å²) < 4.78 is 12.6. The maximum atomic E-state index is 12.8. The summed E-state index contributed by atoms with van der Waals surface area (Å²) in [6.07, 6.45) is 3.89. The molecule has 0 saturated heterocycles. The van der Waals surface area contributed by atoms with Gasteiger partial charge in [-0.2, -0.15) is 5.26 Å². The molecule has 4 aromatic rings. The number of methoxy groups -OCH3 is 1. The van der Waals surface area contributed by atoms with Gasteiger partial charge in [-0.1, -0.05) is 42.1 Å². The largest absolute Gasteiger partial charge is 0.506 e. The molecule has 3 aromatic carbocycles. The van der Waals surface area contributed by atoms with E-state index in [-0.39, 0.29) is 17.9 Å². The lowest BCUT2D eigenvalue weighted by Crippen LogP contribution is -2.12. The summed E-state index contributed by atoms with van der Waals surface area (Å²) in [5.74, 6) is -0.0870. The van der Waals surface area contributed by atoms with E-state index in [1.165, 1.54) is 11.8 Å². The number of esters is 1. The Balaban J connectivity index is 1.54. The Kier molecular flexibility index (Phi) is 7.53. The van der Waals surface area contributed by atoms with Crippen molar-refractivity contribution in [2.24, 2.45) is 4.99 Å². The number of hydrogen-bond donors (Lipinski definition) is 1. The number of aromatic nitrogens is 1. The highest BCUT2D eigenvalue weighted by Crippen LogP contribution is 2.41. The van der Waals surface area contributed by atoms with Crippen molar-refractivity contribution in [1.82, 2.24) is 4.57 Å². The van der Waals surface area contributed by atoms with Gasteiger partial charge in [0.25, 0.3) is 0 Å². The number of carbonyl (C=O) groups excluding carboxylic acids is 1. The normalized spacial score (nSPS) is 15.2. The van der Waals surface area contributed by atoms with Gasteiger partial charge in [-0.25, -0.2) is 9.79 Å². The fourth-order valence-corrected chi connectivity index (χ4v) is 5.34. The molecular weight excluding hydrogens is 510 g/mol. The zero-order valence-corrected chi connectivity index (χ0v) is 22.2. The Morgan fingerprint density at radius 3 is 2.54 bits per heavy atom. The van der Waals surface area contributed by atoms with E-state index in [1.807, 2.05) is 60.8 Å². The van der Waals surface area contributed by atoms with Gasteiger partial charge in [0, 0.05) is 29.2 Å². The molecule has 1 aliphatic heterocycles. The molecule has 194 valence electrons. The first-order chi connectivity index (χ1) is 19.0. The first-order valence-electron chi connectivity index (χ1n) is 12.3. The highest BCUT2D eigenvalue weighted by Gasteiger charge is 2.33. The van der Waals surface area contributed by atoms with Crippen LogP contribution in [0.15, 0.2) is 100 Å². The summed E-state index contributed by atoms with van der Waals surface area (Å²) in [5, 5.41) is 21.6. The number of ether oxygens (including phenoxy) is 2. The fraction of sp³-hybridized carbons (Fsp3) is 0.129. The van der Waals surface area contributed by atoms with Gasteiger partial charge in [0.15, 0.2) is 0 Å². The van der Waals surface area contributed by atoms with Crippen LogP contribution in [0.25, 0.3) is 17.0 Å². The molecule has 7 nitrogen and oxygen atoms in total. The lowest BCUT2D eigenvalue weighted by atomic mass is 10.1. The number of hydrogen-bond acceptors (Lipinski definition) is 7. The van der Waals surface area contributed by atoms with E-state index in [2.05, 4.69) is 15.6 Å².